The van der Waals surface area contributed by atoms with Crippen LogP contribution in [0.4, 0.5) is 23.7 Å². The number of halogens is 4. The summed E-state index contributed by atoms with van der Waals surface area (Å²) in [6, 6.07) is 11.7. The maximum Gasteiger partial charge on any atom is 0.417 e. The molecule has 2 aliphatic heterocycles. The topological polar surface area (TPSA) is 55.8 Å². The van der Waals surface area contributed by atoms with E-state index in [-0.39, 0.29) is 11.6 Å². The number of aliphatic hydroxyl groups excluding tert-OH is 1. The minimum absolute atomic E-state index is 0.0524. The number of aliphatic hydroxyl groups is 1. The van der Waals surface area contributed by atoms with Crippen LogP contribution in [-0.2, 0) is 18.0 Å². The number of fused-ring (bicyclic) bond motifs is 2. The highest BCUT2D eigenvalue weighted by atomic mass is 35.5. The second kappa shape index (κ2) is 10.5. The fourth-order valence-corrected chi connectivity index (χ4v) is 6.60. The molecule has 2 saturated heterocycles. The van der Waals surface area contributed by atoms with Crippen molar-refractivity contribution in [1.82, 2.24) is 9.80 Å². The lowest BCUT2D eigenvalue weighted by atomic mass is 9.73. The summed E-state index contributed by atoms with van der Waals surface area (Å²) >= 11 is 5.66. The van der Waals surface area contributed by atoms with Crippen LogP contribution in [0.1, 0.15) is 48.8 Å². The summed E-state index contributed by atoms with van der Waals surface area (Å²) < 4.78 is 39.3. The summed E-state index contributed by atoms with van der Waals surface area (Å²) in [6.07, 6.45) is 0.890. The molecule has 1 spiro atoms. The van der Waals surface area contributed by atoms with Gasteiger partial charge in [-0.3, -0.25) is 0 Å². The van der Waals surface area contributed by atoms with Crippen molar-refractivity contribution in [3.63, 3.8) is 0 Å². The Hall–Kier alpha value is -2.29. The van der Waals surface area contributed by atoms with Crippen molar-refractivity contribution in [2.45, 2.75) is 56.2 Å². The van der Waals surface area contributed by atoms with Crippen molar-refractivity contribution in [1.29, 1.82) is 0 Å². The lowest BCUT2D eigenvalue weighted by Crippen LogP contribution is -2.48. The number of aryl methyl sites for hydroxylation is 1. The summed E-state index contributed by atoms with van der Waals surface area (Å²) in [5.74, 6) is 0.0968. The number of carbonyl (C=O) groups is 1. The summed E-state index contributed by atoms with van der Waals surface area (Å²) in [6.45, 7) is 3.50. The molecular formula is C28H33ClF3N3O2. The standard InChI is InChI=1S/C28H33ClF3N3O2/c29-24-6-5-21(17-23(24)28(30,31)32)33-26(37)35-13-8-20(9-14-35)25(36)18-34-15-11-27(12-16-34)10-7-19-3-1-2-4-22(19)27/h1-6,17,20,25,36H,7-16,18H2,(H,33,37). The molecule has 0 aromatic heterocycles. The number of alkyl halides is 3. The van der Waals surface area contributed by atoms with Gasteiger partial charge in [0.25, 0.3) is 0 Å². The van der Waals surface area contributed by atoms with Crippen molar-refractivity contribution in [2.75, 3.05) is 38.0 Å². The highest BCUT2D eigenvalue weighted by molar-refractivity contribution is 6.31. The molecule has 1 unspecified atom stereocenters. The van der Waals surface area contributed by atoms with Gasteiger partial charge in [0.05, 0.1) is 16.7 Å². The summed E-state index contributed by atoms with van der Waals surface area (Å²) in [4.78, 5) is 16.6. The summed E-state index contributed by atoms with van der Waals surface area (Å²) in [5.41, 5.74) is 2.38. The third kappa shape index (κ3) is 5.61. The molecule has 0 saturated carbocycles. The molecule has 5 rings (SSSR count). The number of benzene rings is 2. The molecule has 2 N–H and O–H groups in total. The van der Waals surface area contributed by atoms with Crippen LogP contribution < -0.4 is 5.32 Å². The number of likely N-dealkylation sites (tertiary alicyclic amines) is 2. The number of amides is 2. The van der Waals surface area contributed by atoms with E-state index >= 15 is 0 Å². The average molecular weight is 536 g/mol. The van der Waals surface area contributed by atoms with Gasteiger partial charge in [0.1, 0.15) is 0 Å². The molecule has 37 heavy (non-hydrogen) atoms. The Morgan fingerprint density at radius 3 is 2.49 bits per heavy atom. The summed E-state index contributed by atoms with van der Waals surface area (Å²) in [5, 5.41) is 13.1. The normalized spacial score (nSPS) is 21.2. The van der Waals surface area contributed by atoms with Crippen LogP contribution in [0.15, 0.2) is 42.5 Å². The SMILES string of the molecule is O=C(Nc1ccc(Cl)c(C(F)(F)F)c1)N1CCC(C(O)CN2CCC3(CCc4ccccc43)CC2)CC1. The molecule has 2 heterocycles. The second-order valence-corrected chi connectivity index (χ2v) is 11.2. The van der Waals surface area contributed by atoms with Crippen molar-refractivity contribution in [3.8, 4) is 0 Å². The number of urea groups is 1. The first-order chi connectivity index (χ1) is 17.6. The minimum atomic E-state index is -4.59. The van der Waals surface area contributed by atoms with Gasteiger partial charge in [-0.2, -0.15) is 13.2 Å². The lowest BCUT2D eigenvalue weighted by Gasteiger charge is -2.42. The van der Waals surface area contributed by atoms with Gasteiger partial charge in [-0.1, -0.05) is 35.9 Å². The fourth-order valence-electron chi connectivity index (χ4n) is 6.37. The van der Waals surface area contributed by atoms with Gasteiger partial charge in [0.2, 0.25) is 0 Å². The van der Waals surface area contributed by atoms with Crippen LogP contribution in [0.25, 0.3) is 0 Å². The number of carbonyl (C=O) groups excluding carboxylic acids is 1. The van der Waals surface area contributed by atoms with E-state index < -0.39 is 28.9 Å². The number of hydrogen-bond donors (Lipinski definition) is 2. The molecule has 2 aromatic carbocycles. The van der Waals surface area contributed by atoms with Crippen molar-refractivity contribution in [3.05, 3.63) is 64.2 Å². The molecular weight excluding hydrogens is 503 g/mol. The van der Waals surface area contributed by atoms with Gasteiger partial charge in [-0.05, 0) is 92.3 Å². The Balaban J connectivity index is 1.09. The molecule has 0 bridgehead atoms. The zero-order chi connectivity index (χ0) is 26.2. The van der Waals surface area contributed by atoms with E-state index in [1.807, 2.05) is 0 Å². The van der Waals surface area contributed by atoms with E-state index in [0.29, 0.717) is 37.9 Å². The molecule has 0 radical (unpaired) electrons. The molecule has 2 fully saturated rings. The zero-order valence-corrected chi connectivity index (χ0v) is 21.5. The van der Waals surface area contributed by atoms with Crippen molar-refractivity contribution >= 4 is 23.3 Å². The van der Waals surface area contributed by atoms with E-state index in [0.717, 1.165) is 44.5 Å². The average Bonchev–Trinajstić information content (AvgIpc) is 3.24. The Morgan fingerprint density at radius 1 is 1.08 bits per heavy atom. The first-order valence-corrected chi connectivity index (χ1v) is 13.4. The second-order valence-electron chi connectivity index (χ2n) is 10.8. The smallest absolute Gasteiger partial charge is 0.392 e. The van der Waals surface area contributed by atoms with Crippen molar-refractivity contribution < 1.29 is 23.1 Å². The van der Waals surface area contributed by atoms with E-state index in [1.165, 1.54) is 23.6 Å². The highest BCUT2D eigenvalue weighted by Crippen LogP contribution is 2.46. The molecule has 9 heteroatoms. The lowest BCUT2D eigenvalue weighted by molar-refractivity contribution is -0.137. The molecule has 200 valence electrons. The maximum absolute atomic E-state index is 13.1. The quantitative estimate of drug-likeness (QED) is 0.509. The first kappa shape index (κ1) is 26.3. The number of rotatable bonds is 4. The molecule has 2 amide bonds. The minimum Gasteiger partial charge on any atom is -0.392 e. The molecule has 5 nitrogen and oxygen atoms in total. The van der Waals surface area contributed by atoms with Crippen LogP contribution in [0, 0.1) is 5.92 Å². The van der Waals surface area contributed by atoms with Crippen LogP contribution in [0.3, 0.4) is 0 Å². The van der Waals surface area contributed by atoms with E-state index in [9.17, 15) is 23.1 Å². The van der Waals surface area contributed by atoms with E-state index in [4.69, 9.17) is 11.6 Å². The van der Waals surface area contributed by atoms with Crippen molar-refractivity contribution in [2.24, 2.45) is 5.92 Å². The van der Waals surface area contributed by atoms with Gasteiger partial charge in [0, 0.05) is 25.3 Å². The van der Waals surface area contributed by atoms with Gasteiger partial charge >= 0.3 is 12.2 Å². The highest BCUT2D eigenvalue weighted by Gasteiger charge is 2.41. The number of nitrogens with zero attached hydrogens (tertiary/aromatic N) is 2. The summed E-state index contributed by atoms with van der Waals surface area (Å²) in [7, 11) is 0. The van der Waals surface area contributed by atoms with Crippen LogP contribution in [-0.4, -0.2) is 59.8 Å². The predicted molar refractivity (Wildman–Crippen MR) is 138 cm³/mol. The van der Waals surface area contributed by atoms with Gasteiger partial charge in [-0.15, -0.1) is 0 Å². The van der Waals surface area contributed by atoms with Gasteiger partial charge in [-0.25, -0.2) is 4.79 Å². The monoisotopic (exact) mass is 535 g/mol. The number of nitrogens with one attached hydrogen (secondary N) is 1. The maximum atomic E-state index is 13.1. The Bertz CT molecular complexity index is 1130. The first-order valence-electron chi connectivity index (χ1n) is 13.1. The van der Waals surface area contributed by atoms with E-state index in [1.54, 1.807) is 4.90 Å². The Kier molecular flexibility index (Phi) is 7.44. The largest absolute Gasteiger partial charge is 0.417 e. The van der Waals surface area contributed by atoms with Gasteiger partial charge in [0.15, 0.2) is 0 Å². The third-order valence-electron chi connectivity index (χ3n) is 8.61. The Labute approximate surface area is 220 Å². The molecule has 1 aliphatic carbocycles. The third-order valence-corrected chi connectivity index (χ3v) is 8.94. The van der Waals surface area contributed by atoms with Crippen LogP contribution in [0.5, 0.6) is 0 Å². The number of hydrogen-bond acceptors (Lipinski definition) is 3. The Morgan fingerprint density at radius 2 is 1.78 bits per heavy atom. The van der Waals surface area contributed by atoms with E-state index in [2.05, 4.69) is 34.5 Å². The fraction of sp³-hybridized carbons (Fsp3) is 0.536. The van der Waals surface area contributed by atoms with Gasteiger partial charge < -0.3 is 20.2 Å². The molecule has 2 aromatic rings. The van der Waals surface area contributed by atoms with Crippen LogP contribution in [0.2, 0.25) is 5.02 Å². The molecule has 3 aliphatic rings. The van der Waals surface area contributed by atoms with Crippen LogP contribution >= 0.6 is 11.6 Å². The zero-order valence-electron chi connectivity index (χ0n) is 20.7. The predicted octanol–water partition coefficient (Wildman–Crippen LogP) is 5.94. The number of β-amino-alcohol motifs (C(OH)–C–C–N with tert-alkyl or cyclic N) is 1. The number of anilines is 1. The number of piperidine rings is 2. The molecule has 1 atom stereocenters.